The Balaban J connectivity index is 0.000000284. The molecule has 0 saturated heterocycles. The van der Waals surface area contributed by atoms with Gasteiger partial charge >= 0.3 is 23.1 Å². The Morgan fingerprint density at radius 2 is 1.18 bits per heavy atom. The van der Waals surface area contributed by atoms with Gasteiger partial charge in [-0.3, -0.25) is 0 Å². The molecule has 2 rings (SSSR count). The van der Waals surface area contributed by atoms with Crippen molar-refractivity contribution in [2.75, 3.05) is 0 Å². The normalized spacial score (nSPS) is 9.18. The summed E-state index contributed by atoms with van der Waals surface area (Å²) >= 11 is 0. The van der Waals surface area contributed by atoms with Gasteiger partial charge in [-0.1, -0.05) is 40.5 Å². The molecule has 0 heterocycles. The van der Waals surface area contributed by atoms with E-state index < -0.39 is 0 Å². The summed E-state index contributed by atoms with van der Waals surface area (Å²) in [6.45, 7) is 8.67. The summed E-state index contributed by atoms with van der Waals surface area (Å²) in [6, 6.07) is 12.9. The van der Waals surface area contributed by atoms with Gasteiger partial charge in [-0.05, 0) is 0 Å². The van der Waals surface area contributed by atoms with Crippen LogP contribution in [0.5, 0.6) is 0 Å². The maximum absolute atomic E-state index is 2.18. The monoisotopic (exact) mass is 238 g/mol. The van der Waals surface area contributed by atoms with Crippen LogP contribution in [-0.2, 0) is 12.8 Å². The van der Waals surface area contributed by atoms with Crippen molar-refractivity contribution in [2.45, 2.75) is 40.5 Å². The molecule has 0 aliphatic rings. The third-order valence-corrected chi connectivity index (χ3v) is 3.06. The quantitative estimate of drug-likeness (QED) is 0.544. The molecule has 88 valence electrons. The Morgan fingerprint density at radius 1 is 0.824 bits per heavy atom. The molecule has 0 unspecified atom stereocenters. The fourth-order valence-electron chi connectivity index (χ4n) is 1.89. The van der Waals surface area contributed by atoms with Crippen LogP contribution >= 0.6 is 0 Å². The number of hydrogen-bond acceptors (Lipinski definition) is 0. The van der Waals surface area contributed by atoms with Crippen molar-refractivity contribution in [1.82, 2.24) is 0 Å². The van der Waals surface area contributed by atoms with Crippen LogP contribution in [0.1, 0.15) is 36.1 Å². The van der Waals surface area contributed by atoms with E-state index in [0.29, 0.717) is 0 Å². The van der Waals surface area contributed by atoms with E-state index in [1.165, 1.54) is 35.1 Å². The molecular weight excluding hydrogens is 216 g/mol. The van der Waals surface area contributed by atoms with Gasteiger partial charge in [0.05, 0.1) is 0 Å². The minimum atomic E-state index is 0. The molecule has 0 spiro atoms. The molecule has 1 heteroatoms. The van der Waals surface area contributed by atoms with Gasteiger partial charge in [-0.25, -0.2) is 24.3 Å². The van der Waals surface area contributed by atoms with E-state index in [1.807, 2.05) is 0 Å². The van der Waals surface area contributed by atoms with Gasteiger partial charge in [0.1, 0.15) is 0 Å². The first-order valence-electron chi connectivity index (χ1n) is 6.11. The predicted octanol–water partition coefficient (Wildman–Crippen LogP) is 4.17. The molecule has 0 atom stereocenters. The fraction of sp³-hybridized carbons (Fsp3) is 0.375. The first kappa shape index (κ1) is 16.5. The van der Waals surface area contributed by atoms with Gasteiger partial charge < -0.3 is 0 Å². The van der Waals surface area contributed by atoms with Crippen molar-refractivity contribution >= 4 is 23.1 Å². The van der Waals surface area contributed by atoms with Crippen molar-refractivity contribution in [1.29, 1.82) is 0 Å². The van der Waals surface area contributed by atoms with Crippen molar-refractivity contribution in [3.8, 4) is 0 Å². The maximum Gasteiger partial charge on any atom is 2.00 e. The minimum Gasteiger partial charge on any atom is -0.213 e. The summed E-state index contributed by atoms with van der Waals surface area (Å²) in [6.07, 6.45) is 2.33. The van der Waals surface area contributed by atoms with E-state index in [-0.39, 0.29) is 23.1 Å². The standard InChI is InChI=1S/2C8H11.Mg/c2*1-3-8-6-4-5-7(8)2;/h2*4-6H,3H2,1-2H3;/q2*-1;+2. The second kappa shape index (κ2) is 8.54. The largest absolute Gasteiger partial charge is 2.00 e. The van der Waals surface area contributed by atoms with Gasteiger partial charge in [-0.15, -0.1) is 0 Å². The molecule has 2 aromatic carbocycles. The van der Waals surface area contributed by atoms with Crippen LogP contribution in [0.15, 0.2) is 36.4 Å². The number of aryl methyl sites for hydroxylation is 4. The first-order valence-corrected chi connectivity index (χ1v) is 6.11. The molecule has 0 bridgehead atoms. The van der Waals surface area contributed by atoms with Crippen molar-refractivity contribution in [2.24, 2.45) is 0 Å². The van der Waals surface area contributed by atoms with Crippen LogP contribution in [0.2, 0.25) is 0 Å². The Labute approximate surface area is 122 Å². The van der Waals surface area contributed by atoms with E-state index in [4.69, 9.17) is 0 Å². The van der Waals surface area contributed by atoms with Crippen LogP contribution in [0.25, 0.3) is 0 Å². The summed E-state index contributed by atoms with van der Waals surface area (Å²) in [5.74, 6) is 0. The molecule has 0 radical (unpaired) electrons. The Bertz CT molecular complexity index is 366. The summed E-state index contributed by atoms with van der Waals surface area (Å²) in [4.78, 5) is 0. The summed E-state index contributed by atoms with van der Waals surface area (Å²) < 4.78 is 0. The zero-order valence-corrected chi connectivity index (χ0v) is 13.0. The zero-order chi connectivity index (χ0) is 12.0. The van der Waals surface area contributed by atoms with Gasteiger partial charge in [-0.2, -0.15) is 34.4 Å². The summed E-state index contributed by atoms with van der Waals surface area (Å²) in [7, 11) is 0. The van der Waals surface area contributed by atoms with Gasteiger partial charge in [0.2, 0.25) is 0 Å². The summed E-state index contributed by atoms with van der Waals surface area (Å²) in [5, 5.41) is 0. The van der Waals surface area contributed by atoms with Gasteiger partial charge in [0, 0.05) is 0 Å². The maximum atomic E-state index is 2.18. The van der Waals surface area contributed by atoms with Crippen LogP contribution < -0.4 is 0 Å². The Hall–Kier alpha value is -0.534. The van der Waals surface area contributed by atoms with E-state index in [2.05, 4.69) is 64.1 Å². The molecule has 2 aromatic rings. The molecule has 0 aliphatic heterocycles. The number of rotatable bonds is 2. The zero-order valence-electron chi connectivity index (χ0n) is 11.6. The molecule has 0 aromatic heterocycles. The van der Waals surface area contributed by atoms with E-state index in [0.717, 1.165) is 0 Å². The molecule has 0 saturated carbocycles. The Morgan fingerprint density at radius 3 is 1.29 bits per heavy atom. The predicted molar refractivity (Wildman–Crippen MR) is 78.1 cm³/mol. The average Bonchev–Trinajstić information content (AvgIpc) is 2.87. The molecule has 0 amide bonds. The second-order valence-electron chi connectivity index (χ2n) is 4.18. The molecule has 0 N–H and O–H groups in total. The van der Waals surface area contributed by atoms with E-state index in [1.54, 1.807) is 0 Å². The third kappa shape index (κ3) is 5.09. The molecule has 0 nitrogen and oxygen atoms in total. The molecular formula is C16H22Mg. The van der Waals surface area contributed by atoms with Crippen molar-refractivity contribution in [3.63, 3.8) is 0 Å². The van der Waals surface area contributed by atoms with E-state index >= 15 is 0 Å². The van der Waals surface area contributed by atoms with Crippen LogP contribution in [0.4, 0.5) is 0 Å². The topological polar surface area (TPSA) is 0 Å². The minimum absolute atomic E-state index is 0. The fourth-order valence-corrected chi connectivity index (χ4v) is 1.89. The van der Waals surface area contributed by atoms with Crippen LogP contribution in [0.3, 0.4) is 0 Å². The number of hydrogen-bond donors (Lipinski definition) is 0. The summed E-state index contributed by atoms with van der Waals surface area (Å²) in [5.41, 5.74) is 5.80. The Kier molecular flexibility index (Phi) is 8.27. The molecule has 17 heavy (non-hydrogen) atoms. The van der Waals surface area contributed by atoms with Crippen LogP contribution in [-0.4, -0.2) is 23.1 Å². The second-order valence-corrected chi connectivity index (χ2v) is 4.18. The SMILES string of the molecule is CC[c-]1cccc1C.CC[c-]1cccc1C.[Mg+2]. The van der Waals surface area contributed by atoms with Gasteiger partial charge in [0.25, 0.3) is 0 Å². The van der Waals surface area contributed by atoms with Crippen LogP contribution in [0, 0.1) is 13.8 Å². The van der Waals surface area contributed by atoms with Crippen molar-refractivity contribution < 1.29 is 0 Å². The van der Waals surface area contributed by atoms with E-state index in [9.17, 15) is 0 Å². The van der Waals surface area contributed by atoms with Gasteiger partial charge in [0.15, 0.2) is 0 Å². The van der Waals surface area contributed by atoms with Crippen molar-refractivity contribution in [3.05, 3.63) is 58.7 Å². The smallest absolute Gasteiger partial charge is 0.213 e. The first-order chi connectivity index (χ1) is 7.69. The average molecular weight is 239 g/mol. The molecule has 0 fully saturated rings. The molecule has 0 aliphatic carbocycles. The third-order valence-electron chi connectivity index (χ3n) is 3.06.